The first-order valence-corrected chi connectivity index (χ1v) is 10.9. The number of hydrogen-bond acceptors (Lipinski definition) is 5. The molecule has 2 aromatic heterocycles. The third-order valence-electron chi connectivity index (χ3n) is 6.31. The van der Waals surface area contributed by atoms with E-state index in [0.717, 1.165) is 35.5 Å². The van der Waals surface area contributed by atoms with E-state index in [-0.39, 0.29) is 5.41 Å². The Bertz CT molecular complexity index is 1150. The number of rotatable bonds is 7. The molecule has 0 unspecified atom stereocenters. The van der Waals surface area contributed by atoms with Gasteiger partial charge in [-0.2, -0.15) is 0 Å². The second-order valence-corrected chi connectivity index (χ2v) is 8.11. The monoisotopic (exact) mass is 423 g/mol. The standard InChI is InChI=1S/C27H25N3O2/c1-31-26-15-14-25(29-30-26)20-6-8-21(9-7-20)27(16-4-17-27)22-10-12-24(13-11-22)32-19-23-5-2-3-18-28-23/h2-3,5-15,18H,4,16-17,19H2,1H3. The van der Waals surface area contributed by atoms with Gasteiger partial charge in [-0.3, -0.25) is 4.98 Å². The summed E-state index contributed by atoms with van der Waals surface area (Å²) in [4.78, 5) is 4.31. The fraction of sp³-hybridized carbons (Fsp3) is 0.222. The molecule has 2 aromatic carbocycles. The van der Waals surface area contributed by atoms with Crippen molar-refractivity contribution in [2.45, 2.75) is 31.3 Å². The molecule has 0 bridgehead atoms. The van der Waals surface area contributed by atoms with Crippen LogP contribution in [0, 0.1) is 0 Å². The van der Waals surface area contributed by atoms with E-state index in [1.807, 2.05) is 30.3 Å². The SMILES string of the molecule is COc1ccc(-c2ccc(C3(c4ccc(OCc5ccccn5)cc4)CCC3)cc2)nn1. The third-order valence-corrected chi connectivity index (χ3v) is 6.31. The van der Waals surface area contributed by atoms with E-state index >= 15 is 0 Å². The summed E-state index contributed by atoms with van der Waals surface area (Å²) in [5.74, 6) is 1.38. The predicted octanol–water partition coefficient (Wildman–Crippen LogP) is 5.60. The molecule has 32 heavy (non-hydrogen) atoms. The van der Waals surface area contributed by atoms with Gasteiger partial charge in [0.15, 0.2) is 0 Å². The maximum atomic E-state index is 5.91. The van der Waals surface area contributed by atoms with Gasteiger partial charge in [-0.25, -0.2) is 0 Å². The van der Waals surface area contributed by atoms with Crippen molar-refractivity contribution >= 4 is 0 Å². The molecule has 2 heterocycles. The van der Waals surface area contributed by atoms with Crippen molar-refractivity contribution in [1.82, 2.24) is 15.2 Å². The van der Waals surface area contributed by atoms with Gasteiger partial charge in [0.05, 0.1) is 18.5 Å². The number of ether oxygens (including phenoxy) is 2. The number of benzene rings is 2. The number of methoxy groups -OCH3 is 1. The van der Waals surface area contributed by atoms with Gasteiger partial charge >= 0.3 is 0 Å². The minimum absolute atomic E-state index is 0.0730. The summed E-state index contributed by atoms with van der Waals surface area (Å²) in [5.41, 5.74) is 5.57. The van der Waals surface area contributed by atoms with Crippen molar-refractivity contribution in [3.8, 4) is 22.9 Å². The lowest BCUT2D eigenvalue weighted by atomic mass is 9.60. The van der Waals surface area contributed by atoms with Gasteiger partial charge in [0.1, 0.15) is 12.4 Å². The number of pyridine rings is 1. The van der Waals surface area contributed by atoms with Gasteiger partial charge in [0.2, 0.25) is 5.88 Å². The summed E-state index contributed by atoms with van der Waals surface area (Å²) < 4.78 is 11.0. The highest BCUT2D eigenvalue weighted by molar-refractivity contribution is 5.60. The zero-order valence-electron chi connectivity index (χ0n) is 18.1. The number of aromatic nitrogens is 3. The van der Waals surface area contributed by atoms with Crippen LogP contribution in [0.25, 0.3) is 11.3 Å². The molecular formula is C27H25N3O2. The van der Waals surface area contributed by atoms with Crippen molar-refractivity contribution in [2.75, 3.05) is 7.11 Å². The van der Waals surface area contributed by atoms with Crippen LogP contribution in [-0.4, -0.2) is 22.3 Å². The summed E-state index contributed by atoms with van der Waals surface area (Å²) in [6.07, 6.45) is 5.34. The van der Waals surface area contributed by atoms with Crippen molar-refractivity contribution in [3.63, 3.8) is 0 Å². The lowest BCUT2D eigenvalue weighted by Crippen LogP contribution is -2.35. The Kier molecular flexibility index (Phi) is 5.55. The van der Waals surface area contributed by atoms with Crippen LogP contribution in [0.3, 0.4) is 0 Å². The van der Waals surface area contributed by atoms with Crippen LogP contribution in [0.1, 0.15) is 36.1 Å². The van der Waals surface area contributed by atoms with E-state index in [1.165, 1.54) is 17.5 Å². The molecule has 0 radical (unpaired) electrons. The van der Waals surface area contributed by atoms with Crippen molar-refractivity contribution < 1.29 is 9.47 Å². The van der Waals surface area contributed by atoms with Crippen LogP contribution in [0.2, 0.25) is 0 Å². The normalized spacial score (nSPS) is 14.4. The fourth-order valence-electron chi connectivity index (χ4n) is 4.33. The van der Waals surface area contributed by atoms with Gasteiger partial charge in [-0.1, -0.05) is 48.9 Å². The molecule has 1 fully saturated rings. The van der Waals surface area contributed by atoms with Crippen molar-refractivity contribution in [1.29, 1.82) is 0 Å². The van der Waals surface area contributed by atoms with Crippen LogP contribution in [0.15, 0.2) is 85.1 Å². The molecular weight excluding hydrogens is 398 g/mol. The highest BCUT2D eigenvalue weighted by Crippen LogP contribution is 2.49. The first kappa shape index (κ1) is 20.2. The van der Waals surface area contributed by atoms with Crippen LogP contribution < -0.4 is 9.47 Å². The van der Waals surface area contributed by atoms with Crippen molar-refractivity contribution in [2.24, 2.45) is 0 Å². The molecule has 5 heteroatoms. The van der Waals surface area contributed by atoms with Gasteiger partial charge in [-0.15, -0.1) is 10.2 Å². The van der Waals surface area contributed by atoms with Crippen molar-refractivity contribution in [3.05, 3.63) is 102 Å². The Hall–Kier alpha value is -3.73. The van der Waals surface area contributed by atoms with E-state index in [4.69, 9.17) is 9.47 Å². The highest BCUT2D eigenvalue weighted by Gasteiger charge is 2.40. The highest BCUT2D eigenvalue weighted by atomic mass is 16.5. The summed E-state index contributed by atoms with van der Waals surface area (Å²) in [6, 6.07) is 26.9. The molecule has 4 aromatic rings. The number of hydrogen-bond donors (Lipinski definition) is 0. The predicted molar refractivity (Wildman–Crippen MR) is 124 cm³/mol. The molecule has 0 spiro atoms. The molecule has 160 valence electrons. The summed E-state index contributed by atoms with van der Waals surface area (Å²) >= 11 is 0. The fourth-order valence-corrected chi connectivity index (χ4v) is 4.33. The number of nitrogens with zero attached hydrogens (tertiary/aromatic N) is 3. The Balaban J connectivity index is 1.33. The molecule has 0 aliphatic heterocycles. The van der Waals surface area contributed by atoms with E-state index in [0.29, 0.717) is 12.5 Å². The lowest BCUT2D eigenvalue weighted by molar-refractivity contribution is 0.294. The second-order valence-electron chi connectivity index (χ2n) is 8.11. The Labute approximate surface area is 188 Å². The van der Waals surface area contributed by atoms with E-state index in [1.54, 1.807) is 13.3 Å². The summed E-state index contributed by atoms with van der Waals surface area (Å²) in [5, 5.41) is 8.33. The first-order chi connectivity index (χ1) is 15.8. The van der Waals surface area contributed by atoms with Crippen LogP contribution in [0.4, 0.5) is 0 Å². The van der Waals surface area contributed by atoms with Gasteiger partial charge in [0, 0.05) is 23.2 Å². The molecule has 0 saturated heterocycles. The zero-order valence-corrected chi connectivity index (χ0v) is 18.1. The maximum absolute atomic E-state index is 5.91. The summed E-state index contributed by atoms with van der Waals surface area (Å²) in [6.45, 7) is 0.473. The average molecular weight is 424 g/mol. The van der Waals surface area contributed by atoms with E-state index in [9.17, 15) is 0 Å². The van der Waals surface area contributed by atoms with Crippen LogP contribution in [0.5, 0.6) is 11.6 Å². The topological polar surface area (TPSA) is 57.1 Å². The van der Waals surface area contributed by atoms with E-state index in [2.05, 4.69) is 63.7 Å². The first-order valence-electron chi connectivity index (χ1n) is 10.9. The minimum Gasteiger partial charge on any atom is -0.487 e. The summed E-state index contributed by atoms with van der Waals surface area (Å²) in [7, 11) is 1.59. The molecule has 0 atom stereocenters. The molecule has 1 aliphatic rings. The van der Waals surface area contributed by atoms with Gasteiger partial charge in [-0.05, 0) is 54.3 Å². The van der Waals surface area contributed by atoms with E-state index < -0.39 is 0 Å². The molecule has 0 amide bonds. The van der Waals surface area contributed by atoms with Gasteiger partial charge in [0.25, 0.3) is 0 Å². The van der Waals surface area contributed by atoms with Gasteiger partial charge < -0.3 is 9.47 Å². The largest absolute Gasteiger partial charge is 0.487 e. The molecule has 5 nitrogen and oxygen atoms in total. The Morgan fingerprint density at radius 2 is 1.56 bits per heavy atom. The minimum atomic E-state index is 0.0730. The third kappa shape index (κ3) is 3.94. The quantitative estimate of drug-likeness (QED) is 0.387. The lowest BCUT2D eigenvalue weighted by Gasteiger charge is -2.43. The molecule has 5 rings (SSSR count). The Morgan fingerprint density at radius 3 is 2.12 bits per heavy atom. The average Bonchev–Trinajstić information content (AvgIpc) is 2.84. The molecule has 1 saturated carbocycles. The molecule has 1 aliphatic carbocycles. The zero-order chi connectivity index (χ0) is 21.8. The second kappa shape index (κ2) is 8.79. The van der Waals surface area contributed by atoms with Crippen LogP contribution >= 0.6 is 0 Å². The Morgan fingerprint density at radius 1 is 0.812 bits per heavy atom. The van der Waals surface area contributed by atoms with Crippen LogP contribution in [-0.2, 0) is 12.0 Å². The smallest absolute Gasteiger partial charge is 0.233 e. The maximum Gasteiger partial charge on any atom is 0.233 e. The molecule has 0 N–H and O–H groups in total.